The van der Waals surface area contributed by atoms with Crippen molar-refractivity contribution >= 4 is 27.8 Å². The molecular weight excluding hydrogens is 338 g/mol. The number of halogens is 1. The molecule has 1 aliphatic heterocycles. The minimum atomic E-state index is -0.921. The number of hydrogen-bond donors (Lipinski definition) is 1. The van der Waals surface area contributed by atoms with Crippen LogP contribution in [0.1, 0.15) is 22.8 Å². The lowest BCUT2D eigenvalue weighted by atomic mass is 10.0. The normalized spacial score (nSPS) is 21.3. The molecule has 6 heteroatoms. The first-order valence-corrected chi connectivity index (χ1v) is 7.62. The molecule has 1 saturated heterocycles. The Balaban J connectivity index is 2.26. The summed E-state index contributed by atoms with van der Waals surface area (Å²) >= 11 is 3.40. The lowest BCUT2D eigenvalue weighted by molar-refractivity contribution is -0.142. The fourth-order valence-corrected chi connectivity index (χ4v) is 2.80. The van der Waals surface area contributed by atoms with Gasteiger partial charge in [0, 0.05) is 16.6 Å². The maximum Gasteiger partial charge on any atom is 0.311 e. The molecule has 2 rings (SSSR count). The van der Waals surface area contributed by atoms with E-state index in [4.69, 9.17) is 4.74 Å². The zero-order valence-electron chi connectivity index (χ0n) is 12.0. The molecule has 114 valence electrons. The summed E-state index contributed by atoms with van der Waals surface area (Å²) in [6.07, 6.45) is 0. The van der Waals surface area contributed by atoms with E-state index in [1.807, 2.05) is 19.9 Å². The highest BCUT2D eigenvalue weighted by atomic mass is 79.9. The van der Waals surface area contributed by atoms with Gasteiger partial charge in [0.05, 0.1) is 19.3 Å². The first-order valence-electron chi connectivity index (χ1n) is 6.83. The lowest BCUT2D eigenvalue weighted by Gasteiger charge is -2.29. The van der Waals surface area contributed by atoms with Gasteiger partial charge >= 0.3 is 5.97 Å². The average Bonchev–Trinajstić information content (AvgIpc) is 2.92. The van der Waals surface area contributed by atoms with Crippen LogP contribution in [0.3, 0.4) is 0 Å². The maximum atomic E-state index is 12.7. The molecular formula is C15H18BrNO4. The number of carbonyl (C=O) groups excluding carboxylic acids is 1. The van der Waals surface area contributed by atoms with Gasteiger partial charge in [0.1, 0.15) is 5.92 Å². The van der Waals surface area contributed by atoms with Crippen molar-refractivity contribution in [1.29, 1.82) is 0 Å². The van der Waals surface area contributed by atoms with Crippen molar-refractivity contribution < 1.29 is 19.4 Å². The van der Waals surface area contributed by atoms with Crippen LogP contribution in [0.15, 0.2) is 22.7 Å². The number of aliphatic carboxylic acids is 1. The van der Waals surface area contributed by atoms with E-state index in [9.17, 15) is 14.7 Å². The molecule has 1 aromatic carbocycles. The van der Waals surface area contributed by atoms with Gasteiger partial charge in [-0.15, -0.1) is 0 Å². The van der Waals surface area contributed by atoms with Gasteiger partial charge in [-0.3, -0.25) is 9.59 Å². The highest BCUT2D eigenvalue weighted by Crippen LogP contribution is 2.23. The Hall–Kier alpha value is -1.40. The van der Waals surface area contributed by atoms with Gasteiger partial charge in [0.2, 0.25) is 0 Å². The molecule has 1 fully saturated rings. The van der Waals surface area contributed by atoms with Crippen molar-refractivity contribution in [2.75, 3.05) is 19.8 Å². The molecule has 1 amide bonds. The summed E-state index contributed by atoms with van der Waals surface area (Å²) in [4.78, 5) is 25.5. The molecule has 0 radical (unpaired) electrons. The highest BCUT2D eigenvalue weighted by Gasteiger charge is 2.39. The van der Waals surface area contributed by atoms with Gasteiger partial charge in [0.25, 0.3) is 5.91 Å². The molecule has 1 N–H and O–H groups in total. The third kappa shape index (κ3) is 3.27. The number of likely N-dealkylation sites (N-methyl/N-ethyl adjacent to an activating group) is 1. The number of amides is 1. The predicted octanol–water partition coefficient (Wildman–Crippen LogP) is 2.32. The topological polar surface area (TPSA) is 66.8 Å². The van der Waals surface area contributed by atoms with Gasteiger partial charge in [-0.05, 0) is 37.6 Å². The largest absolute Gasteiger partial charge is 0.481 e. The van der Waals surface area contributed by atoms with E-state index in [0.717, 1.165) is 10.0 Å². The second-order valence-electron chi connectivity index (χ2n) is 5.10. The van der Waals surface area contributed by atoms with E-state index in [2.05, 4.69) is 15.9 Å². The SMILES string of the molecule is CCN(C(=O)c1ccc(Br)c(C)c1)C1COCC1C(=O)O. The van der Waals surface area contributed by atoms with E-state index in [1.165, 1.54) is 0 Å². The number of nitrogens with zero attached hydrogens (tertiary/aromatic N) is 1. The predicted molar refractivity (Wildman–Crippen MR) is 81.3 cm³/mol. The monoisotopic (exact) mass is 355 g/mol. The Labute approximate surface area is 132 Å². The maximum absolute atomic E-state index is 12.7. The van der Waals surface area contributed by atoms with Crippen molar-refractivity contribution in [3.05, 3.63) is 33.8 Å². The quantitative estimate of drug-likeness (QED) is 0.899. The summed E-state index contributed by atoms with van der Waals surface area (Å²) in [6.45, 7) is 4.64. The Bertz CT molecular complexity index is 561. The molecule has 1 aliphatic rings. The van der Waals surface area contributed by atoms with Crippen LogP contribution >= 0.6 is 15.9 Å². The van der Waals surface area contributed by atoms with Crippen molar-refractivity contribution in [1.82, 2.24) is 4.90 Å². The van der Waals surface area contributed by atoms with E-state index in [0.29, 0.717) is 12.1 Å². The number of benzene rings is 1. The first-order chi connectivity index (χ1) is 9.95. The van der Waals surface area contributed by atoms with E-state index in [1.54, 1.807) is 17.0 Å². The Morgan fingerprint density at radius 2 is 2.14 bits per heavy atom. The fourth-order valence-electron chi connectivity index (χ4n) is 2.56. The Kier molecular flexibility index (Phi) is 5.00. The standard InChI is InChI=1S/C15H18BrNO4/c1-3-17(13-8-21-7-11(13)15(19)20)14(18)10-4-5-12(16)9(2)6-10/h4-6,11,13H,3,7-8H2,1-2H3,(H,19,20). The van der Waals surface area contributed by atoms with Crippen LogP contribution in [-0.2, 0) is 9.53 Å². The minimum Gasteiger partial charge on any atom is -0.481 e. The molecule has 1 heterocycles. The molecule has 0 aliphatic carbocycles. The van der Waals surface area contributed by atoms with Crippen LogP contribution in [0.4, 0.5) is 0 Å². The van der Waals surface area contributed by atoms with Gasteiger partial charge in [-0.25, -0.2) is 0 Å². The van der Waals surface area contributed by atoms with Gasteiger partial charge in [-0.1, -0.05) is 15.9 Å². The molecule has 2 unspecified atom stereocenters. The third-order valence-corrected chi connectivity index (χ3v) is 4.66. The van der Waals surface area contributed by atoms with E-state index >= 15 is 0 Å². The summed E-state index contributed by atoms with van der Waals surface area (Å²) < 4.78 is 6.20. The number of ether oxygens (including phenoxy) is 1. The Morgan fingerprint density at radius 1 is 1.43 bits per heavy atom. The number of hydrogen-bond acceptors (Lipinski definition) is 3. The number of carbonyl (C=O) groups is 2. The van der Waals surface area contributed by atoms with Crippen LogP contribution in [0.2, 0.25) is 0 Å². The van der Waals surface area contributed by atoms with Crippen LogP contribution in [0, 0.1) is 12.8 Å². The van der Waals surface area contributed by atoms with Crippen LogP contribution in [0.25, 0.3) is 0 Å². The summed E-state index contributed by atoms with van der Waals surface area (Å²) in [7, 11) is 0. The van der Waals surface area contributed by atoms with Crippen LogP contribution in [-0.4, -0.2) is 47.7 Å². The fraction of sp³-hybridized carbons (Fsp3) is 0.467. The summed E-state index contributed by atoms with van der Waals surface area (Å²) in [5, 5.41) is 9.24. The van der Waals surface area contributed by atoms with Gasteiger partial charge in [-0.2, -0.15) is 0 Å². The number of carboxylic acid groups (broad SMARTS) is 1. The summed E-state index contributed by atoms with van der Waals surface area (Å²) in [5.74, 6) is -1.74. The van der Waals surface area contributed by atoms with E-state index in [-0.39, 0.29) is 19.1 Å². The molecule has 0 aromatic heterocycles. The zero-order valence-corrected chi connectivity index (χ0v) is 13.6. The zero-order chi connectivity index (χ0) is 15.6. The van der Waals surface area contributed by atoms with Crippen LogP contribution < -0.4 is 0 Å². The average molecular weight is 356 g/mol. The number of rotatable bonds is 4. The Morgan fingerprint density at radius 3 is 2.71 bits per heavy atom. The van der Waals surface area contributed by atoms with E-state index < -0.39 is 17.9 Å². The second-order valence-corrected chi connectivity index (χ2v) is 5.96. The molecule has 0 bridgehead atoms. The second kappa shape index (κ2) is 6.58. The molecule has 0 saturated carbocycles. The first kappa shape index (κ1) is 16.0. The lowest BCUT2D eigenvalue weighted by Crippen LogP contribution is -2.46. The van der Waals surface area contributed by atoms with Crippen molar-refractivity contribution in [3.63, 3.8) is 0 Å². The number of aryl methyl sites for hydroxylation is 1. The van der Waals surface area contributed by atoms with Crippen LogP contribution in [0.5, 0.6) is 0 Å². The third-order valence-electron chi connectivity index (χ3n) is 3.77. The van der Waals surface area contributed by atoms with Gasteiger partial charge < -0.3 is 14.7 Å². The summed E-state index contributed by atoms with van der Waals surface area (Å²) in [5.41, 5.74) is 1.53. The van der Waals surface area contributed by atoms with Crippen molar-refractivity contribution in [2.45, 2.75) is 19.9 Å². The van der Waals surface area contributed by atoms with Crippen molar-refractivity contribution in [2.24, 2.45) is 5.92 Å². The summed E-state index contributed by atoms with van der Waals surface area (Å²) in [6, 6.07) is 4.97. The smallest absolute Gasteiger partial charge is 0.311 e. The van der Waals surface area contributed by atoms with Crippen molar-refractivity contribution in [3.8, 4) is 0 Å². The molecule has 1 aromatic rings. The molecule has 2 atom stereocenters. The van der Waals surface area contributed by atoms with Gasteiger partial charge in [0.15, 0.2) is 0 Å². The minimum absolute atomic E-state index is 0.156. The molecule has 0 spiro atoms. The molecule has 5 nitrogen and oxygen atoms in total. The highest BCUT2D eigenvalue weighted by molar-refractivity contribution is 9.10. The molecule has 21 heavy (non-hydrogen) atoms. The number of carboxylic acids is 1.